The van der Waals surface area contributed by atoms with E-state index >= 15 is 0 Å². The number of hydrogen-bond donors (Lipinski definition) is 0. The molecule has 0 aromatic heterocycles. The number of halogens is 1. The van der Waals surface area contributed by atoms with Crippen LogP contribution in [0.1, 0.15) is 18.9 Å². The summed E-state index contributed by atoms with van der Waals surface area (Å²) in [6.45, 7) is 4.38. The van der Waals surface area contributed by atoms with Crippen molar-refractivity contribution < 1.29 is 9.63 Å². The van der Waals surface area contributed by atoms with Crippen LogP contribution in [-0.2, 0) is 16.2 Å². The molecule has 5 heteroatoms. The van der Waals surface area contributed by atoms with Gasteiger partial charge in [0.2, 0.25) is 5.91 Å². The Morgan fingerprint density at radius 3 is 2.63 bits per heavy atom. The van der Waals surface area contributed by atoms with Gasteiger partial charge in [-0.3, -0.25) is 14.5 Å². The van der Waals surface area contributed by atoms with Crippen molar-refractivity contribution in [2.75, 3.05) is 27.2 Å². The minimum atomic E-state index is -0.0277. The lowest BCUT2D eigenvalue weighted by molar-refractivity contribution is -0.168. The van der Waals surface area contributed by atoms with E-state index in [1.165, 1.54) is 12.2 Å². The van der Waals surface area contributed by atoms with Gasteiger partial charge in [0, 0.05) is 31.6 Å². The van der Waals surface area contributed by atoms with E-state index in [1.807, 2.05) is 24.3 Å². The molecule has 1 rings (SSSR count). The lowest BCUT2D eigenvalue weighted by atomic mass is 10.2. The first-order valence-electron chi connectivity index (χ1n) is 6.34. The summed E-state index contributed by atoms with van der Waals surface area (Å²) >= 11 is 6.14. The van der Waals surface area contributed by atoms with Crippen LogP contribution in [0.5, 0.6) is 0 Å². The molecule has 106 valence electrons. The van der Waals surface area contributed by atoms with Crippen molar-refractivity contribution in [3.05, 3.63) is 34.9 Å². The van der Waals surface area contributed by atoms with Crippen molar-refractivity contribution in [3.63, 3.8) is 0 Å². The summed E-state index contributed by atoms with van der Waals surface area (Å²) in [6, 6.07) is 7.78. The fourth-order valence-electron chi connectivity index (χ4n) is 1.73. The highest BCUT2D eigenvalue weighted by molar-refractivity contribution is 6.31. The van der Waals surface area contributed by atoms with Crippen LogP contribution in [0.25, 0.3) is 0 Å². The molecule has 0 bridgehead atoms. The van der Waals surface area contributed by atoms with E-state index in [1.54, 1.807) is 7.05 Å². The van der Waals surface area contributed by atoms with Gasteiger partial charge in [-0.15, -0.1) is 0 Å². The van der Waals surface area contributed by atoms with E-state index in [4.69, 9.17) is 16.4 Å². The van der Waals surface area contributed by atoms with Crippen LogP contribution >= 0.6 is 11.6 Å². The minimum Gasteiger partial charge on any atom is -0.299 e. The average Bonchev–Trinajstić information content (AvgIpc) is 2.44. The first-order valence-corrected chi connectivity index (χ1v) is 6.72. The predicted molar refractivity (Wildman–Crippen MR) is 76.8 cm³/mol. The Balaban J connectivity index is 2.51. The van der Waals surface area contributed by atoms with Gasteiger partial charge in [0.25, 0.3) is 0 Å². The summed E-state index contributed by atoms with van der Waals surface area (Å²) in [7, 11) is 3.10. The summed E-state index contributed by atoms with van der Waals surface area (Å²) < 4.78 is 0. The van der Waals surface area contributed by atoms with Crippen molar-refractivity contribution in [1.29, 1.82) is 0 Å². The Bertz CT molecular complexity index is 412. The first-order chi connectivity index (χ1) is 9.08. The molecule has 1 amide bonds. The fraction of sp³-hybridized carbons (Fsp3) is 0.500. The van der Waals surface area contributed by atoms with E-state index in [0.717, 1.165) is 23.7 Å². The van der Waals surface area contributed by atoms with Crippen molar-refractivity contribution in [1.82, 2.24) is 9.96 Å². The largest absolute Gasteiger partial charge is 0.299 e. The van der Waals surface area contributed by atoms with Crippen LogP contribution in [0.3, 0.4) is 0 Å². The number of nitrogens with zero attached hydrogens (tertiary/aromatic N) is 2. The van der Waals surface area contributed by atoms with Crippen molar-refractivity contribution >= 4 is 17.5 Å². The topological polar surface area (TPSA) is 32.8 Å². The zero-order valence-corrected chi connectivity index (χ0v) is 12.5. The Labute approximate surface area is 119 Å². The minimum absolute atomic E-state index is 0.0277. The molecule has 1 aromatic rings. The van der Waals surface area contributed by atoms with E-state index < -0.39 is 0 Å². The van der Waals surface area contributed by atoms with Gasteiger partial charge in [0.05, 0.1) is 7.11 Å². The normalized spacial score (nSPS) is 10.8. The Kier molecular flexibility index (Phi) is 6.84. The Morgan fingerprint density at radius 2 is 2.05 bits per heavy atom. The maximum atomic E-state index is 11.7. The number of benzene rings is 1. The summed E-state index contributed by atoms with van der Waals surface area (Å²) in [5, 5.41) is 2.02. The third-order valence-electron chi connectivity index (χ3n) is 3.07. The van der Waals surface area contributed by atoms with Crippen LogP contribution in [0.15, 0.2) is 24.3 Å². The number of hydroxylamine groups is 2. The van der Waals surface area contributed by atoms with Gasteiger partial charge in [-0.05, 0) is 18.2 Å². The van der Waals surface area contributed by atoms with Gasteiger partial charge in [-0.2, -0.15) is 0 Å². The van der Waals surface area contributed by atoms with Crippen LogP contribution in [0.2, 0.25) is 5.02 Å². The zero-order chi connectivity index (χ0) is 14.3. The van der Waals surface area contributed by atoms with E-state index in [9.17, 15) is 4.79 Å². The van der Waals surface area contributed by atoms with Crippen LogP contribution in [0.4, 0.5) is 0 Å². The molecule has 0 fully saturated rings. The summed E-state index contributed by atoms with van der Waals surface area (Å²) in [5.41, 5.74) is 1.08. The molecule has 0 unspecified atom stereocenters. The molecule has 0 spiro atoms. The molecule has 19 heavy (non-hydrogen) atoms. The summed E-state index contributed by atoms with van der Waals surface area (Å²) in [6.07, 6.45) is 0.433. The van der Waals surface area contributed by atoms with Gasteiger partial charge < -0.3 is 0 Å². The zero-order valence-electron chi connectivity index (χ0n) is 11.7. The highest BCUT2D eigenvalue weighted by Crippen LogP contribution is 2.17. The number of carbonyl (C=O) groups excluding carboxylic acids is 1. The second-order valence-corrected chi connectivity index (χ2v) is 4.69. The smallest absolute Gasteiger partial charge is 0.247 e. The molecule has 0 radical (unpaired) electrons. The van der Waals surface area contributed by atoms with E-state index in [0.29, 0.717) is 13.0 Å². The van der Waals surface area contributed by atoms with Crippen molar-refractivity contribution in [2.45, 2.75) is 19.9 Å². The maximum Gasteiger partial charge on any atom is 0.247 e. The third kappa shape index (κ3) is 5.19. The molecule has 0 saturated carbocycles. The molecule has 0 heterocycles. The van der Waals surface area contributed by atoms with Crippen molar-refractivity contribution in [3.8, 4) is 0 Å². The van der Waals surface area contributed by atoms with Gasteiger partial charge in [-0.25, -0.2) is 5.06 Å². The van der Waals surface area contributed by atoms with Gasteiger partial charge in [-0.1, -0.05) is 36.7 Å². The van der Waals surface area contributed by atoms with Gasteiger partial charge in [0.1, 0.15) is 0 Å². The first kappa shape index (κ1) is 16.0. The molecule has 1 aromatic carbocycles. The molecule has 0 aliphatic rings. The Hall–Kier alpha value is -1.10. The summed E-state index contributed by atoms with van der Waals surface area (Å²) in [5.74, 6) is -0.0277. The number of amides is 1. The second-order valence-electron chi connectivity index (χ2n) is 4.28. The number of hydrogen-bond acceptors (Lipinski definition) is 3. The second kappa shape index (κ2) is 8.15. The predicted octanol–water partition coefficient (Wildman–Crippen LogP) is 2.57. The number of carbonyl (C=O) groups is 1. The van der Waals surface area contributed by atoms with Crippen LogP contribution < -0.4 is 0 Å². The average molecular weight is 285 g/mol. The van der Waals surface area contributed by atoms with Crippen LogP contribution in [-0.4, -0.2) is 43.1 Å². The quantitative estimate of drug-likeness (QED) is 0.722. The monoisotopic (exact) mass is 284 g/mol. The molecule has 0 aliphatic carbocycles. The summed E-state index contributed by atoms with van der Waals surface area (Å²) in [4.78, 5) is 18.7. The number of rotatable bonds is 7. The van der Waals surface area contributed by atoms with E-state index in [2.05, 4.69) is 11.8 Å². The third-order valence-corrected chi connectivity index (χ3v) is 3.43. The lowest BCUT2D eigenvalue weighted by Gasteiger charge is -2.22. The molecular formula is C14H21ClN2O2. The SMILES string of the molecule is CCN(CCC(=O)N(C)OC)Cc1ccccc1Cl. The standard InChI is InChI=1S/C14H21ClN2O2/c1-4-17(10-9-14(18)16(2)19-3)11-12-7-5-6-8-13(12)15/h5-8H,4,9-11H2,1-3H3. The molecule has 0 N–H and O–H groups in total. The molecular weight excluding hydrogens is 264 g/mol. The fourth-order valence-corrected chi connectivity index (χ4v) is 1.93. The highest BCUT2D eigenvalue weighted by Gasteiger charge is 2.11. The van der Waals surface area contributed by atoms with Gasteiger partial charge in [0.15, 0.2) is 0 Å². The molecule has 0 aliphatic heterocycles. The van der Waals surface area contributed by atoms with Crippen molar-refractivity contribution in [2.24, 2.45) is 0 Å². The molecule has 0 saturated heterocycles. The van der Waals surface area contributed by atoms with E-state index in [-0.39, 0.29) is 5.91 Å². The molecule has 0 atom stereocenters. The van der Waals surface area contributed by atoms with Crippen LogP contribution in [0, 0.1) is 0 Å². The lowest BCUT2D eigenvalue weighted by Crippen LogP contribution is -2.31. The maximum absolute atomic E-state index is 11.7. The Morgan fingerprint density at radius 1 is 1.37 bits per heavy atom. The van der Waals surface area contributed by atoms with Gasteiger partial charge >= 0.3 is 0 Å². The molecule has 4 nitrogen and oxygen atoms in total. The highest BCUT2D eigenvalue weighted by atomic mass is 35.5.